The van der Waals surface area contributed by atoms with E-state index in [0.29, 0.717) is 18.9 Å². The Labute approximate surface area is 140 Å². The molecule has 0 aromatic carbocycles. The van der Waals surface area contributed by atoms with Crippen LogP contribution in [0, 0.1) is 0 Å². The number of nitrogens with zero attached hydrogens (tertiary/aromatic N) is 1. The van der Waals surface area contributed by atoms with Crippen molar-refractivity contribution in [1.82, 2.24) is 5.32 Å². The van der Waals surface area contributed by atoms with Gasteiger partial charge in [-0.3, -0.25) is 9.79 Å². The van der Waals surface area contributed by atoms with Crippen LogP contribution in [-0.2, 0) is 9.53 Å². The van der Waals surface area contributed by atoms with Gasteiger partial charge in [-0.25, -0.2) is 0 Å². The summed E-state index contributed by atoms with van der Waals surface area (Å²) >= 11 is 0. The number of nitrogens with one attached hydrogen (secondary N) is 1. The van der Waals surface area contributed by atoms with E-state index in [-0.39, 0.29) is 29.9 Å². The maximum atomic E-state index is 11.4. The van der Waals surface area contributed by atoms with Crippen molar-refractivity contribution >= 4 is 35.9 Å². The number of carbonyl (C=O) groups is 1. The van der Waals surface area contributed by atoms with Gasteiger partial charge in [-0.05, 0) is 27.2 Å². The van der Waals surface area contributed by atoms with Crippen molar-refractivity contribution in [2.75, 3.05) is 13.1 Å². The second kappa shape index (κ2) is 12.2. The van der Waals surface area contributed by atoms with E-state index in [9.17, 15) is 4.79 Å². The number of esters is 1. The summed E-state index contributed by atoms with van der Waals surface area (Å²) in [6.07, 6.45) is 4.99. The molecule has 120 valence electrons. The summed E-state index contributed by atoms with van der Waals surface area (Å²) in [5.74, 6) is 0.177. The number of unbranched alkanes of at least 4 members (excludes halogenated alkanes) is 3. The number of ether oxygens (including phenoxy) is 1. The van der Waals surface area contributed by atoms with Crippen LogP contribution in [0.1, 0.15) is 59.8 Å². The minimum Gasteiger partial charge on any atom is -0.460 e. The Kier molecular flexibility index (Phi) is 13.3. The first-order chi connectivity index (χ1) is 8.85. The van der Waals surface area contributed by atoms with Crippen LogP contribution in [-0.4, -0.2) is 30.6 Å². The second-order valence-electron chi connectivity index (χ2n) is 5.59. The van der Waals surface area contributed by atoms with Gasteiger partial charge in [0, 0.05) is 13.1 Å². The highest BCUT2D eigenvalue weighted by Crippen LogP contribution is 2.07. The van der Waals surface area contributed by atoms with E-state index >= 15 is 0 Å². The summed E-state index contributed by atoms with van der Waals surface area (Å²) < 4.78 is 5.19. The lowest BCUT2D eigenvalue weighted by Crippen LogP contribution is -2.34. The summed E-state index contributed by atoms with van der Waals surface area (Å²) in [6.45, 7) is 8.93. The molecule has 0 aliphatic rings. The van der Waals surface area contributed by atoms with Crippen LogP contribution in [0.5, 0.6) is 0 Å². The highest BCUT2D eigenvalue weighted by atomic mass is 127. The average Bonchev–Trinajstić information content (AvgIpc) is 2.26. The van der Waals surface area contributed by atoms with Gasteiger partial charge in [-0.2, -0.15) is 0 Å². The second-order valence-corrected chi connectivity index (χ2v) is 5.59. The first kappa shape index (κ1) is 21.8. The largest absolute Gasteiger partial charge is 0.460 e. The van der Waals surface area contributed by atoms with Crippen LogP contribution >= 0.6 is 24.0 Å². The molecular weight excluding hydrogens is 369 g/mol. The highest BCUT2D eigenvalue weighted by molar-refractivity contribution is 14.0. The van der Waals surface area contributed by atoms with E-state index in [2.05, 4.69) is 17.2 Å². The van der Waals surface area contributed by atoms with Gasteiger partial charge in [0.05, 0.1) is 6.42 Å². The molecule has 0 aliphatic heterocycles. The number of halogens is 1. The van der Waals surface area contributed by atoms with Crippen LogP contribution in [0.25, 0.3) is 0 Å². The minimum atomic E-state index is -0.435. The van der Waals surface area contributed by atoms with Crippen LogP contribution in [0.2, 0.25) is 0 Å². The topological polar surface area (TPSA) is 76.7 Å². The molecule has 5 nitrogen and oxygen atoms in total. The zero-order valence-electron chi connectivity index (χ0n) is 13.2. The van der Waals surface area contributed by atoms with Crippen molar-refractivity contribution in [3.05, 3.63) is 0 Å². The molecule has 20 heavy (non-hydrogen) atoms. The van der Waals surface area contributed by atoms with Gasteiger partial charge < -0.3 is 15.8 Å². The first-order valence-electron chi connectivity index (χ1n) is 7.11. The van der Waals surface area contributed by atoms with Crippen LogP contribution < -0.4 is 11.1 Å². The maximum absolute atomic E-state index is 11.4. The van der Waals surface area contributed by atoms with Gasteiger partial charge in [0.1, 0.15) is 5.60 Å². The normalized spacial score (nSPS) is 11.7. The van der Waals surface area contributed by atoms with Crippen molar-refractivity contribution in [2.24, 2.45) is 10.7 Å². The van der Waals surface area contributed by atoms with Crippen molar-refractivity contribution in [3.8, 4) is 0 Å². The molecule has 6 heteroatoms. The minimum absolute atomic E-state index is 0. The van der Waals surface area contributed by atoms with Gasteiger partial charge in [0.2, 0.25) is 0 Å². The number of hydrogen-bond acceptors (Lipinski definition) is 3. The predicted molar refractivity (Wildman–Crippen MR) is 94.5 cm³/mol. The lowest BCUT2D eigenvalue weighted by Gasteiger charge is -2.19. The summed E-state index contributed by atoms with van der Waals surface area (Å²) in [5, 5.41) is 2.92. The smallest absolute Gasteiger partial charge is 0.308 e. The Morgan fingerprint density at radius 2 is 1.90 bits per heavy atom. The summed E-state index contributed by atoms with van der Waals surface area (Å²) in [5.41, 5.74) is 5.25. The standard InChI is InChI=1S/C14H29N3O2.HI/c1-5-6-7-8-10-16-13(15)17-11-9-12(18)19-14(2,3)4;/h5-11H2,1-4H3,(H3,15,16,17);1H. The van der Waals surface area contributed by atoms with Gasteiger partial charge >= 0.3 is 5.97 Å². The molecule has 0 saturated heterocycles. The van der Waals surface area contributed by atoms with E-state index in [4.69, 9.17) is 10.5 Å². The maximum Gasteiger partial charge on any atom is 0.308 e. The lowest BCUT2D eigenvalue weighted by atomic mass is 10.2. The Morgan fingerprint density at radius 1 is 1.25 bits per heavy atom. The fourth-order valence-electron chi connectivity index (χ4n) is 1.48. The molecule has 3 N–H and O–H groups in total. The predicted octanol–water partition coefficient (Wildman–Crippen LogP) is 2.82. The molecule has 0 rings (SSSR count). The summed E-state index contributed by atoms with van der Waals surface area (Å²) in [4.78, 5) is 15.6. The highest BCUT2D eigenvalue weighted by Gasteiger charge is 2.15. The van der Waals surface area contributed by atoms with E-state index < -0.39 is 5.60 Å². The molecule has 0 atom stereocenters. The van der Waals surface area contributed by atoms with E-state index in [1.807, 2.05) is 20.8 Å². The van der Waals surface area contributed by atoms with Gasteiger partial charge in [0.15, 0.2) is 5.96 Å². The molecule has 0 saturated carbocycles. The molecule has 0 bridgehead atoms. The van der Waals surface area contributed by atoms with E-state index in [0.717, 1.165) is 13.0 Å². The Hall–Kier alpha value is -0.530. The molecule has 0 spiro atoms. The lowest BCUT2D eigenvalue weighted by molar-refractivity contribution is -0.154. The molecule has 0 aromatic rings. The Morgan fingerprint density at radius 3 is 2.45 bits per heavy atom. The molecule has 0 unspecified atom stereocenters. The summed E-state index contributed by atoms with van der Waals surface area (Å²) in [6, 6.07) is 0. The number of aliphatic imine (C=N–C) groups is 1. The SMILES string of the molecule is CCCCCCN=C(N)NCCC(=O)OC(C)(C)C.I. The van der Waals surface area contributed by atoms with Crippen molar-refractivity contribution in [2.45, 2.75) is 65.4 Å². The fraction of sp³-hybridized carbons (Fsp3) is 0.857. The van der Waals surface area contributed by atoms with Crippen molar-refractivity contribution in [3.63, 3.8) is 0 Å². The van der Waals surface area contributed by atoms with E-state index in [1.165, 1.54) is 19.3 Å². The van der Waals surface area contributed by atoms with Gasteiger partial charge in [0.25, 0.3) is 0 Å². The van der Waals surface area contributed by atoms with E-state index in [1.54, 1.807) is 0 Å². The molecule has 0 fully saturated rings. The number of carbonyl (C=O) groups excluding carboxylic acids is 1. The zero-order valence-corrected chi connectivity index (χ0v) is 15.5. The number of hydrogen-bond donors (Lipinski definition) is 2. The van der Waals surface area contributed by atoms with Crippen molar-refractivity contribution < 1.29 is 9.53 Å². The van der Waals surface area contributed by atoms with Crippen LogP contribution in [0.15, 0.2) is 4.99 Å². The Balaban J connectivity index is 0. The fourth-order valence-corrected chi connectivity index (χ4v) is 1.48. The zero-order chi connectivity index (χ0) is 14.7. The molecule has 0 heterocycles. The Bertz CT molecular complexity index is 289. The molecule has 0 amide bonds. The third kappa shape index (κ3) is 15.5. The summed E-state index contributed by atoms with van der Waals surface area (Å²) in [7, 11) is 0. The molecule has 0 aliphatic carbocycles. The molecule has 0 aromatic heterocycles. The van der Waals surface area contributed by atoms with Gasteiger partial charge in [-0.1, -0.05) is 26.2 Å². The average molecular weight is 399 g/mol. The van der Waals surface area contributed by atoms with Crippen LogP contribution in [0.3, 0.4) is 0 Å². The van der Waals surface area contributed by atoms with Crippen LogP contribution in [0.4, 0.5) is 0 Å². The number of nitrogens with two attached hydrogens (primary N) is 1. The first-order valence-corrected chi connectivity index (χ1v) is 7.11. The molecule has 0 radical (unpaired) electrons. The number of rotatable bonds is 8. The quantitative estimate of drug-likeness (QED) is 0.216. The third-order valence-corrected chi connectivity index (χ3v) is 2.35. The molecular formula is C14H30IN3O2. The van der Waals surface area contributed by atoms with Crippen molar-refractivity contribution in [1.29, 1.82) is 0 Å². The van der Waals surface area contributed by atoms with Gasteiger partial charge in [-0.15, -0.1) is 24.0 Å². The monoisotopic (exact) mass is 399 g/mol. The third-order valence-electron chi connectivity index (χ3n) is 2.35. The number of guanidine groups is 1.